The molecule has 1 N–H and O–H groups in total. The van der Waals surface area contributed by atoms with E-state index in [9.17, 15) is 9.90 Å². The Morgan fingerprint density at radius 2 is 1.70 bits per heavy atom. The first kappa shape index (κ1) is 38.3. The third kappa shape index (κ3) is 6.45. The Labute approximate surface area is 341 Å². The molecule has 4 aromatic heterocycles. The molecule has 5 heterocycles. The number of carboxylic acids is 1. The Morgan fingerprint density at radius 3 is 2.39 bits per heavy atom. The molecular weight excluding hydrogens is 759 g/mol. The van der Waals surface area contributed by atoms with Gasteiger partial charge in [-0.3, -0.25) is 14.5 Å². The molecule has 0 saturated carbocycles. The average Bonchev–Trinajstić information content (AvgIpc) is 3.77. The molecule has 7 aromatic rings. The van der Waals surface area contributed by atoms with Crippen LogP contribution in [0.3, 0.4) is 0 Å². The molecule has 0 aliphatic carbocycles. The lowest BCUT2D eigenvalue weighted by Gasteiger charge is -2.34. The summed E-state index contributed by atoms with van der Waals surface area (Å²) in [5, 5.41) is 18.5. The van der Waals surface area contributed by atoms with Gasteiger partial charge in [-0.15, -0.1) is 0 Å². The maximum Gasteiger partial charge on any atom is 0.354 e. The van der Waals surface area contributed by atoms with Crippen molar-refractivity contribution in [3.63, 3.8) is 0 Å². The van der Waals surface area contributed by atoms with Crippen molar-refractivity contribution in [3.8, 4) is 16.9 Å². The molecule has 0 fully saturated rings. The first-order valence-electron chi connectivity index (χ1n) is 19.1. The summed E-state index contributed by atoms with van der Waals surface area (Å²) in [4.78, 5) is 35.0. The maximum atomic E-state index is 15.4. The molecule has 57 heavy (non-hydrogen) atoms. The van der Waals surface area contributed by atoms with Crippen LogP contribution in [0.15, 0.2) is 66.9 Å². The number of carbonyl (C=O) groups is 2. The van der Waals surface area contributed by atoms with Crippen LogP contribution in [0.1, 0.15) is 79.7 Å². The van der Waals surface area contributed by atoms with E-state index in [0.29, 0.717) is 46.8 Å². The first-order valence-corrected chi connectivity index (χ1v) is 19.9. The van der Waals surface area contributed by atoms with Crippen LogP contribution in [0, 0.1) is 34.6 Å². The minimum absolute atomic E-state index is 0.0402. The molecule has 0 saturated heterocycles. The highest BCUT2D eigenvalue weighted by molar-refractivity contribution is 6.35. The quantitative estimate of drug-likeness (QED) is 0.138. The number of amides is 1. The van der Waals surface area contributed by atoms with Gasteiger partial charge >= 0.3 is 5.97 Å². The van der Waals surface area contributed by atoms with E-state index in [1.165, 1.54) is 0 Å². The topological polar surface area (TPSA) is 107 Å². The zero-order valence-corrected chi connectivity index (χ0v) is 34.6. The number of ether oxygens (including phenoxy) is 1. The molecule has 1 aliphatic heterocycles. The predicted molar refractivity (Wildman–Crippen MR) is 227 cm³/mol. The smallest absolute Gasteiger partial charge is 0.354 e. The summed E-state index contributed by atoms with van der Waals surface area (Å²) in [5.41, 5.74) is 10.6. The molecule has 12 heteroatoms. The Kier molecular flexibility index (Phi) is 9.90. The van der Waals surface area contributed by atoms with Crippen molar-refractivity contribution < 1.29 is 19.4 Å². The van der Waals surface area contributed by atoms with Crippen LogP contribution < -0.4 is 9.64 Å². The van der Waals surface area contributed by atoms with Crippen LogP contribution in [-0.4, -0.2) is 54.0 Å². The van der Waals surface area contributed by atoms with Gasteiger partial charge < -0.3 is 23.9 Å². The molecule has 0 bridgehead atoms. The number of hydrogen-bond donors (Lipinski definition) is 1. The summed E-state index contributed by atoms with van der Waals surface area (Å²) in [5.74, 6) is -0.656. The van der Waals surface area contributed by atoms with Gasteiger partial charge in [0, 0.05) is 58.4 Å². The number of rotatable bonds is 10. The fraction of sp³-hybridized carbons (Fsp3) is 0.289. The number of para-hydroxylation sites is 1. The van der Waals surface area contributed by atoms with Crippen molar-refractivity contribution in [2.45, 2.75) is 67.0 Å². The van der Waals surface area contributed by atoms with Crippen LogP contribution in [0.2, 0.25) is 10.0 Å². The standard InChI is InChI=1S/C45H44Cl2N6O4/c1-24-16-17-48-30(19-24)23-51-36-13-9-8-11-34(36)41(43(51)45(55)56)52-22-27(4)53-40-33(14-15-35(46)38(40)37-28(5)49-50(7)29(37)6)32(42(53)44(52)54)12-10-18-57-31-20-25(2)39(47)26(3)21-31/h8-9,11,13-17,19-21,27H,10,12,18,22-23H2,1-7H3,(H,55,56)/t27-/m1/s1. The maximum absolute atomic E-state index is 15.4. The highest BCUT2D eigenvalue weighted by Gasteiger charge is 2.40. The predicted octanol–water partition coefficient (Wildman–Crippen LogP) is 10.2. The summed E-state index contributed by atoms with van der Waals surface area (Å²) in [6.45, 7) is 12.8. The minimum Gasteiger partial charge on any atom is -0.494 e. The van der Waals surface area contributed by atoms with Crippen LogP contribution in [-0.2, 0) is 20.0 Å². The SMILES string of the molecule is Cc1ccnc(Cn2c(C(=O)O)c(N3C[C@@H](C)n4c(c(CCCOc5cc(C)c(Cl)c(C)c5)c5ccc(Cl)c(-c6c(C)nn(C)c6C)c54)C3=O)c3ccccc32)c1. The summed E-state index contributed by atoms with van der Waals surface area (Å²) < 4.78 is 12.0. The summed E-state index contributed by atoms with van der Waals surface area (Å²) >= 11 is 13.6. The molecule has 0 spiro atoms. The van der Waals surface area contributed by atoms with Gasteiger partial charge in [-0.25, -0.2) is 4.79 Å². The van der Waals surface area contributed by atoms with E-state index in [0.717, 1.165) is 72.1 Å². The molecule has 10 nitrogen and oxygen atoms in total. The van der Waals surface area contributed by atoms with E-state index in [-0.39, 0.29) is 30.7 Å². The van der Waals surface area contributed by atoms with Crippen LogP contribution in [0.4, 0.5) is 5.69 Å². The van der Waals surface area contributed by atoms with E-state index < -0.39 is 5.97 Å². The minimum atomic E-state index is -1.12. The van der Waals surface area contributed by atoms with E-state index >= 15 is 4.79 Å². The third-order valence-electron chi connectivity index (χ3n) is 11.3. The second kappa shape index (κ2) is 14.7. The lowest BCUT2D eigenvalue weighted by atomic mass is 9.98. The van der Waals surface area contributed by atoms with Gasteiger partial charge in [0.15, 0.2) is 5.69 Å². The zero-order valence-electron chi connectivity index (χ0n) is 33.1. The number of nitrogens with zero attached hydrogens (tertiary/aromatic N) is 6. The van der Waals surface area contributed by atoms with Crippen molar-refractivity contribution in [2.75, 3.05) is 18.1 Å². The number of anilines is 1. The summed E-state index contributed by atoms with van der Waals surface area (Å²) in [6, 6.07) is 18.9. The molecule has 8 rings (SSSR count). The number of hydrogen-bond acceptors (Lipinski definition) is 5. The van der Waals surface area contributed by atoms with Gasteiger partial charge in [0.05, 0.1) is 46.3 Å². The Hall–Kier alpha value is -5.58. The zero-order chi connectivity index (χ0) is 40.4. The van der Waals surface area contributed by atoms with E-state index in [1.54, 1.807) is 15.7 Å². The number of carboxylic acid groups (broad SMARTS) is 1. The van der Waals surface area contributed by atoms with Gasteiger partial charge in [0.1, 0.15) is 11.4 Å². The number of benzene rings is 3. The molecule has 1 aliphatic rings. The van der Waals surface area contributed by atoms with Crippen LogP contribution in [0.5, 0.6) is 5.75 Å². The van der Waals surface area contributed by atoms with Crippen LogP contribution in [0.25, 0.3) is 32.9 Å². The van der Waals surface area contributed by atoms with Gasteiger partial charge in [-0.2, -0.15) is 5.10 Å². The number of aromatic carboxylic acids is 1. The molecule has 292 valence electrons. The number of aromatic nitrogens is 5. The molecule has 1 amide bonds. The van der Waals surface area contributed by atoms with Crippen molar-refractivity contribution >= 4 is 62.6 Å². The third-order valence-corrected chi connectivity index (χ3v) is 12.2. The average molecular weight is 804 g/mol. The number of halogens is 2. The van der Waals surface area contributed by atoms with Crippen LogP contribution >= 0.6 is 23.2 Å². The monoisotopic (exact) mass is 802 g/mol. The largest absolute Gasteiger partial charge is 0.494 e. The Morgan fingerprint density at radius 1 is 0.965 bits per heavy atom. The molecule has 0 radical (unpaired) electrons. The molecule has 1 atom stereocenters. The second-order valence-corrected chi connectivity index (χ2v) is 16.0. The van der Waals surface area contributed by atoms with Gasteiger partial charge in [0.25, 0.3) is 5.91 Å². The van der Waals surface area contributed by atoms with Crippen molar-refractivity contribution in [1.29, 1.82) is 0 Å². The number of pyridine rings is 1. The fourth-order valence-corrected chi connectivity index (χ4v) is 9.06. The molecule has 3 aromatic carbocycles. The summed E-state index contributed by atoms with van der Waals surface area (Å²) in [6.07, 6.45) is 2.86. The molecular formula is C45H44Cl2N6O4. The molecule has 0 unspecified atom stereocenters. The van der Waals surface area contributed by atoms with Crippen molar-refractivity contribution in [1.82, 2.24) is 23.9 Å². The van der Waals surface area contributed by atoms with Gasteiger partial charge in [-0.1, -0.05) is 47.5 Å². The highest BCUT2D eigenvalue weighted by Crippen LogP contribution is 2.46. The highest BCUT2D eigenvalue weighted by atomic mass is 35.5. The Balaban J connectivity index is 1.30. The Bertz CT molecular complexity index is 2760. The number of carbonyl (C=O) groups excluding carboxylic acids is 1. The van der Waals surface area contributed by atoms with Gasteiger partial charge in [0.2, 0.25) is 0 Å². The van der Waals surface area contributed by atoms with Crippen molar-refractivity contribution in [2.24, 2.45) is 7.05 Å². The van der Waals surface area contributed by atoms with E-state index in [4.69, 9.17) is 33.0 Å². The normalized spacial score (nSPS) is 14.2. The lowest BCUT2D eigenvalue weighted by molar-refractivity contribution is 0.0687. The summed E-state index contributed by atoms with van der Waals surface area (Å²) in [7, 11) is 1.91. The first-order chi connectivity index (χ1) is 27.3. The fourth-order valence-electron chi connectivity index (χ4n) is 8.71. The van der Waals surface area contributed by atoms with Crippen molar-refractivity contribution in [3.05, 3.63) is 128 Å². The number of fused-ring (bicyclic) bond motifs is 4. The van der Waals surface area contributed by atoms with Gasteiger partial charge in [-0.05, 0) is 113 Å². The number of aryl methyl sites for hydroxylation is 6. The van der Waals surface area contributed by atoms with E-state index in [2.05, 4.69) is 16.5 Å². The lowest BCUT2D eigenvalue weighted by Crippen LogP contribution is -2.43. The second-order valence-electron chi connectivity index (χ2n) is 15.2. The van der Waals surface area contributed by atoms with E-state index in [1.807, 2.05) is 107 Å².